The SMILES string of the molecule is NC(=O)CCN(Cc1ccccc1)C(=O)CSc1ccccn1. The van der Waals surface area contributed by atoms with Gasteiger partial charge >= 0.3 is 0 Å². The smallest absolute Gasteiger partial charge is 0.233 e. The van der Waals surface area contributed by atoms with Gasteiger partial charge < -0.3 is 10.6 Å². The summed E-state index contributed by atoms with van der Waals surface area (Å²) in [7, 11) is 0. The molecule has 2 aromatic rings. The average molecular weight is 329 g/mol. The van der Waals surface area contributed by atoms with Crippen LogP contribution in [0.25, 0.3) is 0 Å². The minimum atomic E-state index is -0.409. The van der Waals surface area contributed by atoms with Crippen LogP contribution in [0.1, 0.15) is 12.0 Å². The highest BCUT2D eigenvalue weighted by Gasteiger charge is 2.15. The van der Waals surface area contributed by atoms with Crippen molar-refractivity contribution in [3.8, 4) is 0 Å². The number of carbonyl (C=O) groups excluding carboxylic acids is 2. The molecule has 1 aromatic carbocycles. The van der Waals surface area contributed by atoms with E-state index in [9.17, 15) is 9.59 Å². The van der Waals surface area contributed by atoms with Crippen LogP contribution in [0.2, 0.25) is 0 Å². The van der Waals surface area contributed by atoms with Crippen LogP contribution in [-0.2, 0) is 16.1 Å². The van der Waals surface area contributed by atoms with Gasteiger partial charge in [-0.25, -0.2) is 4.98 Å². The molecule has 5 nitrogen and oxygen atoms in total. The second-order valence-electron chi connectivity index (χ2n) is 4.97. The lowest BCUT2D eigenvalue weighted by Gasteiger charge is -2.22. The van der Waals surface area contributed by atoms with Crippen LogP contribution in [0.5, 0.6) is 0 Å². The fraction of sp³-hybridized carbons (Fsp3) is 0.235. The van der Waals surface area contributed by atoms with Gasteiger partial charge in [-0.2, -0.15) is 0 Å². The minimum absolute atomic E-state index is 0.0363. The van der Waals surface area contributed by atoms with Gasteiger partial charge in [-0.3, -0.25) is 9.59 Å². The summed E-state index contributed by atoms with van der Waals surface area (Å²) in [5.41, 5.74) is 6.23. The van der Waals surface area contributed by atoms with E-state index in [1.165, 1.54) is 11.8 Å². The van der Waals surface area contributed by atoms with Crippen molar-refractivity contribution in [1.82, 2.24) is 9.88 Å². The molecule has 120 valence electrons. The van der Waals surface area contributed by atoms with E-state index >= 15 is 0 Å². The monoisotopic (exact) mass is 329 g/mol. The molecule has 6 heteroatoms. The van der Waals surface area contributed by atoms with Crippen LogP contribution in [0.4, 0.5) is 0 Å². The van der Waals surface area contributed by atoms with Gasteiger partial charge in [-0.15, -0.1) is 0 Å². The maximum Gasteiger partial charge on any atom is 0.233 e. The molecule has 0 aliphatic rings. The molecule has 0 saturated heterocycles. The van der Waals surface area contributed by atoms with Gasteiger partial charge in [0.1, 0.15) is 0 Å². The molecule has 2 N–H and O–H groups in total. The summed E-state index contributed by atoms with van der Waals surface area (Å²) in [5.74, 6) is -0.165. The molecule has 0 spiro atoms. The third-order valence-corrected chi connectivity index (χ3v) is 4.11. The van der Waals surface area contributed by atoms with E-state index in [0.29, 0.717) is 13.1 Å². The highest BCUT2D eigenvalue weighted by Crippen LogP contribution is 2.16. The van der Waals surface area contributed by atoms with E-state index in [1.54, 1.807) is 11.1 Å². The van der Waals surface area contributed by atoms with Crippen molar-refractivity contribution >= 4 is 23.6 Å². The van der Waals surface area contributed by atoms with E-state index < -0.39 is 5.91 Å². The molecule has 0 saturated carbocycles. The Kier molecular flexibility index (Phi) is 6.62. The van der Waals surface area contributed by atoms with Crippen molar-refractivity contribution in [3.05, 3.63) is 60.3 Å². The minimum Gasteiger partial charge on any atom is -0.370 e. The molecule has 0 atom stereocenters. The molecule has 2 rings (SSSR count). The van der Waals surface area contributed by atoms with Gasteiger partial charge in [-0.05, 0) is 17.7 Å². The van der Waals surface area contributed by atoms with Crippen molar-refractivity contribution in [2.45, 2.75) is 18.0 Å². The second-order valence-corrected chi connectivity index (χ2v) is 5.97. The van der Waals surface area contributed by atoms with E-state index in [4.69, 9.17) is 5.73 Å². The summed E-state index contributed by atoms with van der Waals surface area (Å²) in [6.45, 7) is 0.793. The molecule has 2 amide bonds. The van der Waals surface area contributed by atoms with Crippen LogP contribution >= 0.6 is 11.8 Å². The largest absolute Gasteiger partial charge is 0.370 e. The number of aromatic nitrogens is 1. The van der Waals surface area contributed by atoms with Crippen LogP contribution in [0, 0.1) is 0 Å². The lowest BCUT2D eigenvalue weighted by molar-refractivity contribution is -0.129. The van der Waals surface area contributed by atoms with Crippen molar-refractivity contribution in [3.63, 3.8) is 0 Å². The Balaban J connectivity index is 1.97. The third kappa shape index (κ3) is 6.12. The summed E-state index contributed by atoms with van der Waals surface area (Å²) in [6, 6.07) is 15.3. The highest BCUT2D eigenvalue weighted by atomic mass is 32.2. The van der Waals surface area contributed by atoms with Gasteiger partial charge in [0.25, 0.3) is 0 Å². The number of nitrogens with zero attached hydrogens (tertiary/aromatic N) is 2. The zero-order valence-electron chi connectivity index (χ0n) is 12.7. The van der Waals surface area contributed by atoms with E-state index in [-0.39, 0.29) is 18.1 Å². The number of benzene rings is 1. The summed E-state index contributed by atoms with van der Waals surface area (Å²) in [5, 5.41) is 0.801. The van der Waals surface area contributed by atoms with Crippen molar-refractivity contribution in [1.29, 1.82) is 0 Å². The summed E-state index contributed by atoms with van der Waals surface area (Å²) >= 11 is 1.38. The number of primary amides is 1. The third-order valence-electron chi connectivity index (χ3n) is 3.18. The Hall–Kier alpha value is -2.34. The van der Waals surface area contributed by atoms with Gasteiger partial charge in [-0.1, -0.05) is 48.2 Å². The zero-order chi connectivity index (χ0) is 16.5. The molecular formula is C17H19N3O2S. The fourth-order valence-corrected chi connectivity index (χ4v) is 2.76. The van der Waals surface area contributed by atoms with Crippen LogP contribution in [0.3, 0.4) is 0 Å². The number of hydrogen-bond donors (Lipinski definition) is 1. The molecule has 0 fully saturated rings. The van der Waals surface area contributed by atoms with Crippen molar-refractivity contribution in [2.75, 3.05) is 12.3 Å². The zero-order valence-corrected chi connectivity index (χ0v) is 13.5. The Labute approximate surface area is 139 Å². The Morgan fingerprint density at radius 2 is 1.83 bits per heavy atom. The molecule has 0 unspecified atom stereocenters. The Bertz CT molecular complexity index is 635. The fourth-order valence-electron chi connectivity index (χ4n) is 2.00. The first kappa shape index (κ1) is 17.0. The van der Waals surface area contributed by atoms with Crippen molar-refractivity contribution in [2.24, 2.45) is 5.73 Å². The van der Waals surface area contributed by atoms with Crippen LogP contribution < -0.4 is 5.73 Å². The molecule has 1 heterocycles. The van der Waals surface area contributed by atoms with Crippen molar-refractivity contribution < 1.29 is 9.59 Å². The lowest BCUT2D eigenvalue weighted by Crippen LogP contribution is -2.34. The summed E-state index contributed by atoms with van der Waals surface area (Å²) < 4.78 is 0. The maximum absolute atomic E-state index is 12.5. The number of hydrogen-bond acceptors (Lipinski definition) is 4. The average Bonchev–Trinajstić information content (AvgIpc) is 2.58. The summed E-state index contributed by atoms with van der Waals surface area (Å²) in [6.07, 6.45) is 1.86. The first-order valence-corrected chi connectivity index (χ1v) is 8.27. The predicted molar refractivity (Wildman–Crippen MR) is 90.6 cm³/mol. The number of carbonyl (C=O) groups is 2. The molecule has 0 bridgehead atoms. The molecule has 0 aliphatic heterocycles. The number of thioether (sulfide) groups is 1. The Morgan fingerprint density at radius 3 is 2.48 bits per heavy atom. The van der Waals surface area contributed by atoms with Crippen LogP contribution in [-0.4, -0.2) is 34.0 Å². The number of nitrogens with two attached hydrogens (primary N) is 1. The van der Waals surface area contributed by atoms with Gasteiger partial charge in [0.15, 0.2) is 0 Å². The molecule has 0 radical (unpaired) electrons. The molecular weight excluding hydrogens is 310 g/mol. The highest BCUT2D eigenvalue weighted by molar-refractivity contribution is 7.99. The van der Waals surface area contributed by atoms with E-state index in [1.807, 2.05) is 48.5 Å². The number of rotatable bonds is 8. The standard InChI is InChI=1S/C17H19N3O2S/c18-15(21)9-11-20(12-14-6-2-1-3-7-14)17(22)13-23-16-8-4-5-10-19-16/h1-8,10H,9,11-13H2,(H2,18,21). The number of amides is 2. The topological polar surface area (TPSA) is 76.3 Å². The quantitative estimate of drug-likeness (QED) is 0.752. The first-order chi connectivity index (χ1) is 11.1. The van der Waals surface area contributed by atoms with Gasteiger partial charge in [0.2, 0.25) is 11.8 Å². The van der Waals surface area contributed by atoms with E-state index in [0.717, 1.165) is 10.6 Å². The lowest BCUT2D eigenvalue weighted by atomic mass is 10.2. The predicted octanol–water partition coefficient (Wildman–Crippen LogP) is 2.08. The normalized spacial score (nSPS) is 10.3. The maximum atomic E-state index is 12.5. The molecule has 23 heavy (non-hydrogen) atoms. The second kappa shape index (κ2) is 8.95. The van der Waals surface area contributed by atoms with E-state index in [2.05, 4.69) is 4.98 Å². The van der Waals surface area contributed by atoms with Gasteiger partial charge in [0.05, 0.1) is 10.8 Å². The van der Waals surface area contributed by atoms with Gasteiger partial charge in [0, 0.05) is 25.7 Å². The molecule has 0 aliphatic carbocycles. The Morgan fingerprint density at radius 1 is 1.09 bits per heavy atom. The first-order valence-electron chi connectivity index (χ1n) is 7.29. The molecule has 1 aromatic heterocycles. The number of pyridine rings is 1. The van der Waals surface area contributed by atoms with Crippen LogP contribution in [0.15, 0.2) is 59.8 Å². The summed E-state index contributed by atoms with van der Waals surface area (Å²) in [4.78, 5) is 29.3.